The van der Waals surface area contributed by atoms with Gasteiger partial charge in [0.15, 0.2) is 9.84 Å². The van der Waals surface area contributed by atoms with E-state index in [9.17, 15) is 13.2 Å². The van der Waals surface area contributed by atoms with Gasteiger partial charge in [-0.3, -0.25) is 5.32 Å². The molecule has 0 saturated carbocycles. The number of nitrogens with one attached hydrogen (secondary N) is 1. The number of para-hydroxylation sites is 1. The first-order valence-corrected chi connectivity index (χ1v) is 9.59. The third kappa shape index (κ3) is 4.70. The van der Waals surface area contributed by atoms with E-state index in [-0.39, 0.29) is 10.6 Å². The van der Waals surface area contributed by atoms with Crippen LogP contribution in [0.25, 0.3) is 0 Å². The monoisotopic (exact) mass is 367 g/mol. The highest BCUT2D eigenvalue weighted by molar-refractivity contribution is 7.90. The normalized spacial score (nSPS) is 10.9. The molecule has 1 amide bonds. The molecular formula is C20H17NO4S. The fraction of sp³-hybridized carbons (Fsp3) is 0.0500. The number of carbonyl (C=O) groups excluding carboxylic acids is 1. The van der Waals surface area contributed by atoms with Gasteiger partial charge >= 0.3 is 6.09 Å². The van der Waals surface area contributed by atoms with Crippen LogP contribution >= 0.6 is 0 Å². The molecule has 26 heavy (non-hydrogen) atoms. The van der Waals surface area contributed by atoms with Crippen molar-refractivity contribution in [1.82, 2.24) is 0 Å². The first-order valence-electron chi connectivity index (χ1n) is 7.93. The zero-order valence-electron chi connectivity index (χ0n) is 13.8. The summed E-state index contributed by atoms with van der Waals surface area (Å²) in [5, 5.41) is 2.56. The molecule has 0 radical (unpaired) electrons. The molecular weight excluding hydrogens is 350 g/mol. The van der Waals surface area contributed by atoms with Gasteiger partial charge in [-0.25, -0.2) is 13.2 Å². The van der Waals surface area contributed by atoms with Crippen LogP contribution in [-0.4, -0.2) is 14.5 Å². The average Bonchev–Trinajstić information content (AvgIpc) is 2.63. The van der Waals surface area contributed by atoms with Crippen LogP contribution in [0.4, 0.5) is 10.5 Å². The highest BCUT2D eigenvalue weighted by Crippen LogP contribution is 2.19. The number of sulfone groups is 1. The fourth-order valence-corrected chi connectivity index (χ4v) is 3.71. The van der Waals surface area contributed by atoms with Gasteiger partial charge in [0.25, 0.3) is 0 Å². The SMILES string of the molecule is O=C(Nc1ccc(S(=O)(=O)Cc2ccccc2)cc1)Oc1ccccc1. The Kier molecular flexibility index (Phi) is 5.34. The lowest BCUT2D eigenvalue weighted by atomic mass is 10.2. The molecule has 0 atom stereocenters. The van der Waals surface area contributed by atoms with Crippen LogP contribution in [0.5, 0.6) is 5.75 Å². The molecule has 0 bridgehead atoms. The molecule has 0 aliphatic rings. The van der Waals surface area contributed by atoms with E-state index in [4.69, 9.17) is 4.74 Å². The van der Waals surface area contributed by atoms with Gasteiger partial charge in [0.2, 0.25) is 0 Å². The summed E-state index contributed by atoms with van der Waals surface area (Å²) in [6.07, 6.45) is -0.643. The summed E-state index contributed by atoms with van der Waals surface area (Å²) in [6.45, 7) is 0. The lowest BCUT2D eigenvalue weighted by Gasteiger charge is -2.08. The van der Waals surface area contributed by atoms with Crippen molar-refractivity contribution in [3.63, 3.8) is 0 Å². The van der Waals surface area contributed by atoms with Crippen molar-refractivity contribution >= 4 is 21.6 Å². The van der Waals surface area contributed by atoms with Gasteiger partial charge in [0, 0.05) is 5.69 Å². The molecule has 1 N–H and O–H groups in total. The quantitative estimate of drug-likeness (QED) is 0.731. The molecule has 0 aromatic heterocycles. The molecule has 3 rings (SSSR count). The van der Waals surface area contributed by atoms with Crippen LogP contribution in [0.15, 0.2) is 89.8 Å². The number of anilines is 1. The smallest absolute Gasteiger partial charge is 0.410 e. The first-order chi connectivity index (χ1) is 12.5. The molecule has 0 aliphatic heterocycles. The lowest BCUT2D eigenvalue weighted by molar-refractivity contribution is 0.215. The average molecular weight is 367 g/mol. The molecule has 6 heteroatoms. The van der Waals surface area contributed by atoms with E-state index < -0.39 is 15.9 Å². The summed E-state index contributed by atoms with van der Waals surface area (Å²) in [6, 6.07) is 23.7. The number of carbonyl (C=O) groups is 1. The van der Waals surface area contributed by atoms with Crippen LogP contribution in [0, 0.1) is 0 Å². The Hall–Kier alpha value is -3.12. The van der Waals surface area contributed by atoms with Gasteiger partial charge in [0.05, 0.1) is 10.6 Å². The molecule has 0 fully saturated rings. The zero-order chi connectivity index (χ0) is 18.4. The van der Waals surface area contributed by atoms with Gasteiger partial charge in [-0.15, -0.1) is 0 Å². The van der Waals surface area contributed by atoms with E-state index in [0.29, 0.717) is 11.4 Å². The maximum absolute atomic E-state index is 12.5. The van der Waals surface area contributed by atoms with E-state index in [1.807, 2.05) is 12.1 Å². The Morgan fingerprint density at radius 1 is 0.808 bits per heavy atom. The van der Waals surface area contributed by atoms with Crippen molar-refractivity contribution < 1.29 is 17.9 Å². The molecule has 0 spiro atoms. The molecule has 0 saturated heterocycles. The van der Waals surface area contributed by atoms with Crippen LogP contribution in [0.3, 0.4) is 0 Å². The number of amides is 1. The van der Waals surface area contributed by atoms with E-state index in [0.717, 1.165) is 5.56 Å². The van der Waals surface area contributed by atoms with Crippen molar-refractivity contribution in [3.8, 4) is 5.75 Å². The maximum Gasteiger partial charge on any atom is 0.417 e. The highest BCUT2D eigenvalue weighted by Gasteiger charge is 2.15. The number of rotatable bonds is 5. The van der Waals surface area contributed by atoms with E-state index in [1.54, 1.807) is 48.5 Å². The van der Waals surface area contributed by atoms with Crippen molar-refractivity contribution in [2.45, 2.75) is 10.6 Å². The molecule has 0 aliphatic carbocycles. The molecule has 5 nitrogen and oxygen atoms in total. The van der Waals surface area contributed by atoms with E-state index in [2.05, 4.69) is 5.32 Å². The number of benzene rings is 3. The minimum Gasteiger partial charge on any atom is -0.410 e. The summed E-state index contributed by atoms with van der Waals surface area (Å²) in [4.78, 5) is 12.1. The predicted octanol–water partition coefficient (Wildman–Crippen LogP) is 4.27. The maximum atomic E-state index is 12.5. The van der Waals surface area contributed by atoms with Crippen LogP contribution in [0.1, 0.15) is 5.56 Å². The van der Waals surface area contributed by atoms with E-state index in [1.165, 1.54) is 24.3 Å². The molecule has 0 unspecified atom stereocenters. The molecule has 0 heterocycles. The second kappa shape index (κ2) is 7.84. The Balaban J connectivity index is 1.65. The third-order valence-electron chi connectivity index (χ3n) is 3.61. The first kappa shape index (κ1) is 17.7. The second-order valence-electron chi connectivity index (χ2n) is 5.60. The number of ether oxygens (including phenoxy) is 1. The van der Waals surface area contributed by atoms with Crippen molar-refractivity contribution in [1.29, 1.82) is 0 Å². The summed E-state index contributed by atoms with van der Waals surface area (Å²) in [5.74, 6) is 0.350. The second-order valence-corrected chi connectivity index (χ2v) is 7.59. The number of hydrogen-bond donors (Lipinski definition) is 1. The predicted molar refractivity (Wildman–Crippen MR) is 99.9 cm³/mol. The fourth-order valence-electron chi connectivity index (χ4n) is 2.36. The molecule has 3 aromatic carbocycles. The van der Waals surface area contributed by atoms with Crippen LogP contribution in [-0.2, 0) is 15.6 Å². The molecule has 132 valence electrons. The minimum atomic E-state index is -3.45. The van der Waals surface area contributed by atoms with Gasteiger partial charge < -0.3 is 4.74 Å². The summed E-state index contributed by atoms with van der Waals surface area (Å²) in [5.41, 5.74) is 1.17. The van der Waals surface area contributed by atoms with Gasteiger partial charge in [-0.05, 0) is 42.0 Å². The largest absolute Gasteiger partial charge is 0.417 e. The standard InChI is InChI=1S/C20H17NO4S/c22-20(25-18-9-5-2-6-10-18)21-17-11-13-19(14-12-17)26(23,24)15-16-7-3-1-4-8-16/h1-14H,15H2,(H,21,22). The summed E-state index contributed by atoms with van der Waals surface area (Å²) >= 11 is 0. The van der Waals surface area contributed by atoms with Gasteiger partial charge in [0.1, 0.15) is 5.75 Å². The Morgan fingerprint density at radius 2 is 1.38 bits per heavy atom. The Bertz CT molecular complexity index is 969. The highest BCUT2D eigenvalue weighted by atomic mass is 32.2. The van der Waals surface area contributed by atoms with Crippen molar-refractivity contribution in [2.75, 3.05) is 5.32 Å². The van der Waals surface area contributed by atoms with Crippen molar-refractivity contribution in [3.05, 3.63) is 90.5 Å². The Labute approximate surface area is 152 Å². The molecule has 3 aromatic rings. The Morgan fingerprint density at radius 3 is 2.00 bits per heavy atom. The van der Waals surface area contributed by atoms with Crippen LogP contribution in [0.2, 0.25) is 0 Å². The van der Waals surface area contributed by atoms with Crippen LogP contribution < -0.4 is 10.1 Å². The van der Waals surface area contributed by atoms with E-state index >= 15 is 0 Å². The topological polar surface area (TPSA) is 72.5 Å². The zero-order valence-corrected chi connectivity index (χ0v) is 14.6. The summed E-state index contributed by atoms with van der Waals surface area (Å²) < 4.78 is 30.1. The summed E-state index contributed by atoms with van der Waals surface area (Å²) in [7, 11) is -3.45. The number of hydrogen-bond acceptors (Lipinski definition) is 4. The van der Waals surface area contributed by atoms with Crippen molar-refractivity contribution in [2.24, 2.45) is 0 Å². The lowest BCUT2D eigenvalue weighted by Crippen LogP contribution is -2.16. The minimum absolute atomic E-state index is 0.0728. The third-order valence-corrected chi connectivity index (χ3v) is 5.32. The van der Waals surface area contributed by atoms with Gasteiger partial charge in [-0.2, -0.15) is 0 Å². The van der Waals surface area contributed by atoms with Gasteiger partial charge in [-0.1, -0.05) is 48.5 Å².